The fourth-order valence-corrected chi connectivity index (χ4v) is 1.90. The van der Waals surface area contributed by atoms with Crippen LogP contribution in [0, 0.1) is 0 Å². The predicted octanol–water partition coefficient (Wildman–Crippen LogP) is 2.18. The van der Waals surface area contributed by atoms with Crippen molar-refractivity contribution in [3.63, 3.8) is 0 Å². The molecule has 78 valence electrons. The van der Waals surface area contributed by atoms with E-state index in [1.165, 1.54) is 0 Å². The van der Waals surface area contributed by atoms with E-state index in [0.717, 1.165) is 5.56 Å². The number of hydrogen-bond donors (Lipinski definition) is 0. The Balaban J connectivity index is 2.51. The molecule has 0 unspecified atom stereocenters. The summed E-state index contributed by atoms with van der Waals surface area (Å²) >= 11 is 0. The summed E-state index contributed by atoms with van der Waals surface area (Å²) < 4.78 is 0. The summed E-state index contributed by atoms with van der Waals surface area (Å²) in [5, 5.41) is 11.7. The average molecular weight is 202 g/mol. The lowest BCUT2D eigenvalue weighted by molar-refractivity contribution is 0.0713. The fraction of sp³-hybridized carbons (Fsp3) is 0.273. The summed E-state index contributed by atoms with van der Waals surface area (Å²) in [6.45, 7) is 3.89. The van der Waals surface area contributed by atoms with Gasteiger partial charge in [0.15, 0.2) is 5.66 Å². The van der Waals surface area contributed by atoms with Crippen molar-refractivity contribution in [1.82, 2.24) is 10.0 Å². The van der Waals surface area contributed by atoms with Gasteiger partial charge in [0.2, 0.25) is 0 Å². The Labute approximate surface area is 89.5 Å². The maximum atomic E-state index is 4.03. The van der Waals surface area contributed by atoms with Crippen molar-refractivity contribution in [2.75, 3.05) is 14.1 Å². The minimum absolute atomic E-state index is 0.457. The molecule has 1 aromatic rings. The van der Waals surface area contributed by atoms with Crippen LogP contribution in [-0.2, 0) is 5.66 Å². The molecule has 0 N–H and O–H groups in total. The van der Waals surface area contributed by atoms with E-state index in [-0.39, 0.29) is 0 Å². The first-order valence-electron chi connectivity index (χ1n) is 4.80. The van der Waals surface area contributed by atoms with Crippen LogP contribution < -0.4 is 0 Å². The highest BCUT2D eigenvalue weighted by Crippen LogP contribution is 2.36. The van der Waals surface area contributed by atoms with Crippen LogP contribution in [0.5, 0.6) is 0 Å². The van der Waals surface area contributed by atoms with Gasteiger partial charge in [0.25, 0.3) is 0 Å². The summed E-state index contributed by atoms with van der Waals surface area (Å²) in [6, 6.07) is 10.1. The van der Waals surface area contributed by atoms with E-state index in [9.17, 15) is 0 Å². The fourth-order valence-electron chi connectivity index (χ4n) is 1.90. The van der Waals surface area contributed by atoms with Gasteiger partial charge >= 0.3 is 0 Å². The molecule has 4 nitrogen and oxygen atoms in total. The van der Waals surface area contributed by atoms with Crippen LogP contribution in [0.2, 0.25) is 0 Å². The Morgan fingerprint density at radius 1 is 1.13 bits per heavy atom. The summed E-state index contributed by atoms with van der Waals surface area (Å²) in [6.07, 6.45) is 1.85. The maximum Gasteiger partial charge on any atom is 0.191 e. The molecule has 1 aliphatic heterocycles. The van der Waals surface area contributed by atoms with Crippen molar-refractivity contribution in [3.05, 3.63) is 48.6 Å². The number of hydrogen-bond acceptors (Lipinski definition) is 4. The van der Waals surface area contributed by atoms with Crippen molar-refractivity contribution >= 4 is 0 Å². The van der Waals surface area contributed by atoms with Crippen molar-refractivity contribution < 1.29 is 0 Å². The molecule has 1 aliphatic rings. The second-order valence-corrected chi connectivity index (χ2v) is 3.52. The molecular formula is C11H14N4. The van der Waals surface area contributed by atoms with E-state index in [1.54, 1.807) is 10.0 Å². The normalized spacial score (nSPS) is 18.3. The third-order valence-electron chi connectivity index (χ3n) is 2.78. The highest BCUT2D eigenvalue weighted by atomic mass is 15.8. The third-order valence-corrected chi connectivity index (χ3v) is 2.78. The third kappa shape index (κ3) is 1.21. The zero-order chi connectivity index (χ0) is 10.9. The number of rotatable bonds is 2. The zero-order valence-corrected chi connectivity index (χ0v) is 8.96. The van der Waals surface area contributed by atoms with Crippen molar-refractivity contribution in [2.24, 2.45) is 10.4 Å². The van der Waals surface area contributed by atoms with E-state index in [4.69, 9.17) is 0 Å². The average Bonchev–Trinajstić information content (AvgIpc) is 2.57. The summed E-state index contributed by atoms with van der Waals surface area (Å²) in [5.41, 5.74) is 0.649. The molecule has 0 radical (unpaired) electrons. The van der Waals surface area contributed by atoms with Gasteiger partial charge in [-0.3, -0.25) is 0 Å². The molecular weight excluding hydrogens is 188 g/mol. The Morgan fingerprint density at radius 3 is 2.13 bits per heavy atom. The van der Waals surface area contributed by atoms with Gasteiger partial charge in [0.05, 0.1) is 0 Å². The first kappa shape index (κ1) is 9.71. The SMILES string of the molecule is C=CC1(c2ccccc2)N(C)N=NN1C. The van der Waals surface area contributed by atoms with Gasteiger partial charge in [-0.05, 0) is 6.08 Å². The molecule has 0 aromatic heterocycles. The second-order valence-electron chi connectivity index (χ2n) is 3.52. The highest BCUT2D eigenvalue weighted by Gasteiger charge is 2.41. The van der Waals surface area contributed by atoms with E-state index in [0.29, 0.717) is 0 Å². The topological polar surface area (TPSA) is 31.2 Å². The minimum atomic E-state index is -0.457. The van der Waals surface area contributed by atoms with Crippen LogP contribution in [0.4, 0.5) is 0 Å². The van der Waals surface area contributed by atoms with E-state index < -0.39 is 5.66 Å². The Hall–Kier alpha value is -1.84. The summed E-state index contributed by atoms with van der Waals surface area (Å²) in [5.74, 6) is 0. The molecule has 0 fully saturated rings. The number of benzene rings is 1. The molecule has 1 aromatic carbocycles. The highest BCUT2D eigenvalue weighted by molar-refractivity contribution is 5.28. The maximum absolute atomic E-state index is 4.03. The van der Waals surface area contributed by atoms with Gasteiger partial charge in [-0.15, -0.1) is 0 Å². The smallest absolute Gasteiger partial charge is 0.191 e. The van der Waals surface area contributed by atoms with Crippen molar-refractivity contribution in [3.8, 4) is 0 Å². The van der Waals surface area contributed by atoms with Crippen molar-refractivity contribution in [2.45, 2.75) is 5.66 Å². The molecule has 0 bridgehead atoms. The molecule has 0 atom stereocenters. The van der Waals surface area contributed by atoms with Gasteiger partial charge in [0, 0.05) is 19.7 Å². The van der Waals surface area contributed by atoms with E-state index >= 15 is 0 Å². The lowest BCUT2D eigenvalue weighted by Gasteiger charge is -2.36. The summed E-state index contributed by atoms with van der Waals surface area (Å²) in [4.78, 5) is 0. The first-order valence-corrected chi connectivity index (χ1v) is 4.80. The molecule has 0 saturated heterocycles. The van der Waals surface area contributed by atoms with E-state index in [1.807, 2.05) is 50.5 Å². The number of nitrogens with zero attached hydrogens (tertiary/aromatic N) is 4. The lowest BCUT2D eigenvalue weighted by Crippen LogP contribution is -2.45. The van der Waals surface area contributed by atoms with Crippen LogP contribution in [0.25, 0.3) is 0 Å². The van der Waals surface area contributed by atoms with E-state index in [2.05, 4.69) is 17.0 Å². The minimum Gasteiger partial charge on any atom is -0.245 e. The second kappa shape index (κ2) is 3.38. The first-order chi connectivity index (χ1) is 7.21. The Bertz CT molecular complexity index is 373. The standard InChI is InChI=1S/C11H14N4/c1-4-11(10-8-6-5-7-9-10)14(2)12-13-15(11)3/h4-9H,1H2,2-3H3. The zero-order valence-electron chi connectivity index (χ0n) is 8.96. The molecule has 0 spiro atoms. The molecule has 0 amide bonds. The van der Waals surface area contributed by atoms with Crippen molar-refractivity contribution in [1.29, 1.82) is 0 Å². The van der Waals surface area contributed by atoms with Gasteiger partial charge in [-0.2, -0.15) is 0 Å². The van der Waals surface area contributed by atoms with Gasteiger partial charge < -0.3 is 0 Å². The van der Waals surface area contributed by atoms with Gasteiger partial charge in [-0.25, -0.2) is 10.0 Å². The van der Waals surface area contributed by atoms with Crippen LogP contribution >= 0.6 is 0 Å². The Morgan fingerprint density at radius 2 is 1.67 bits per heavy atom. The predicted molar refractivity (Wildman–Crippen MR) is 58.7 cm³/mol. The number of likely N-dealkylation sites (N-methyl/N-ethyl adjacent to an activating group) is 2. The molecule has 4 heteroatoms. The van der Waals surface area contributed by atoms with Gasteiger partial charge in [-0.1, -0.05) is 47.4 Å². The molecule has 0 aliphatic carbocycles. The Kier molecular flexibility index (Phi) is 2.19. The molecule has 15 heavy (non-hydrogen) atoms. The molecule has 0 saturated carbocycles. The quantitative estimate of drug-likeness (QED) is 0.688. The monoisotopic (exact) mass is 202 g/mol. The van der Waals surface area contributed by atoms with Crippen LogP contribution in [0.1, 0.15) is 5.56 Å². The summed E-state index contributed by atoms with van der Waals surface area (Å²) in [7, 11) is 3.78. The molecule has 2 rings (SSSR count). The van der Waals surface area contributed by atoms with Gasteiger partial charge in [0.1, 0.15) is 0 Å². The van der Waals surface area contributed by atoms with Crippen LogP contribution in [-0.4, -0.2) is 24.1 Å². The molecule has 1 heterocycles. The van der Waals surface area contributed by atoms with Crippen LogP contribution in [0.15, 0.2) is 53.4 Å². The lowest BCUT2D eigenvalue weighted by atomic mass is 9.99. The largest absolute Gasteiger partial charge is 0.245 e. The van der Waals surface area contributed by atoms with Crippen LogP contribution in [0.3, 0.4) is 0 Å².